The van der Waals surface area contributed by atoms with Gasteiger partial charge in [-0.2, -0.15) is 0 Å². The lowest BCUT2D eigenvalue weighted by molar-refractivity contribution is -0.384. The Morgan fingerprint density at radius 3 is 2.50 bits per heavy atom. The van der Waals surface area contributed by atoms with Crippen LogP contribution in [0.2, 0.25) is 0 Å². The van der Waals surface area contributed by atoms with Crippen LogP contribution in [-0.2, 0) is 6.54 Å². The van der Waals surface area contributed by atoms with Crippen LogP contribution in [0.25, 0.3) is 0 Å². The second kappa shape index (κ2) is 5.29. The van der Waals surface area contributed by atoms with E-state index in [1.54, 1.807) is 12.1 Å². The molecule has 1 aromatic rings. The van der Waals surface area contributed by atoms with E-state index in [-0.39, 0.29) is 5.69 Å². The lowest BCUT2D eigenvalue weighted by Crippen LogP contribution is -2.15. The van der Waals surface area contributed by atoms with Crippen molar-refractivity contribution < 1.29 is 9.31 Å². The predicted molar refractivity (Wildman–Crippen MR) is 50.8 cm³/mol. The van der Waals surface area contributed by atoms with E-state index in [2.05, 4.69) is 5.32 Å². The summed E-state index contributed by atoms with van der Waals surface area (Å²) in [5.74, 6) is 0. The summed E-state index contributed by atoms with van der Waals surface area (Å²) < 4.78 is 11.7. The summed E-state index contributed by atoms with van der Waals surface area (Å²) in [5.41, 5.74) is 0.975. The highest BCUT2D eigenvalue weighted by molar-refractivity contribution is 5.32. The fraction of sp³-hybridized carbons (Fsp3) is 0.333. The van der Waals surface area contributed by atoms with Gasteiger partial charge in [0, 0.05) is 25.2 Å². The van der Waals surface area contributed by atoms with Gasteiger partial charge in [0.25, 0.3) is 5.69 Å². The SMILES string of the molecule is O=[N+]([O-])c1ccc(CNCCF)cc1. The fourth-order valence-corrected chi connectivity index (χ4v) is 1.04. The maximum absolute atomic E-state index is 11.7. The van der Waals surface area contributed by atoms with Gasteiger partial charge in [0.05, 0.1) is 4.92 Å². The Hall–Kier alpha value is -1.49. The van der Waals surface area contributed by atoms with Crippen LogP contribution in [0.5, 0.6) is 0 Å². The Balaban J connectivity index is 2.51. The molecule has 0 amide bonds. The topological polar surface area (TPSA) is 55.2 Å². The van der Waals surface area contributed by atoms with Crippen LogP contribution in [0.3, 0.4) is 0 Å². The van der Waals surface area contributed by atoms with Crippen molar-refractivity contribution >= 4 is 5.69 Å². The minimum Gasteiger partial charge on any atom is -0.310 e. The first kappa shape index (κ1) is 10.6. The third-order valence-electron chi connectivity index (χ3n) is 1.75. The predicted octanol–water partition coefficient (Wildman–Crippen LogP) is 1.65. The van der Waals surface area contributed by atoms with E-state index < -0.39 is 11.6 Å². The molecular weight excluding hydrogens is 187 g/mol. The van der Waals surface area contributed by atoms with Crippen molar-refractivity contribution in [1.29, 1.82) is 0 Å². The van der Waals surface area contributed by atoms with Crippen LogP contribution in [-0.4, -0.2) is 18.1 Å². The van der Waals surface area contributed by atoms with Crippen molar-refractivity contribution in [2.75, 3.05) is 13.2 Å². The summed E-state index contributed by atoms with van der Waals surface area (Å²) in [6, 6.07) is 6.19. The smallest absolute Gasteiger partial charge is 0.269 e. The number of nitrogens with one attached hydrogen (secondary N) is 1. The molecule has 5 heteroatoms. The van der Waals surface area contributed by atoms with Crippen molar-refractivity contribution in [3.63, 3.8) is 0 Å². The van der Waals surface area contributed by atoms with Gasteiger partial charge in [-0.3, -0.25) is 10.1 Å². The summed E-state index contributed by atoms with van der Waals surface area (Å²) in [5, 5.41) is 13.2. The van der Waals surface area contributed by atoms with Gasteiger partial charge in [-0.15, -0.1) is 0 Å². The van der Waals surface area contributed by atoms with Crippen LogP contribution in [0, 0.1) is 10.1 Å². The van der Waals surface area contributed by atoms with Crippen LogP contribution in [0.1, 0.15) is 5.56 Å². The number of nitro benzene ring substituents is 1. The number of halogens is 1. The number of hydrogen-bond donors (Lipinski definition) is 1. The average Bonchev–Trinajstić information content (AvgIpc) is 2.19. The first-order chi connectivity index (χ1) is 6.74. The summed E-state index contributed by atoms with van der Waals surface area (Å²) in [6.45, 7) is 0.423. The zero-order valence-corrected chi connectivity index (χ0v) is 7.57. The molecule has 14 heavy (non-hydrogen) atoms. The third kappa shape index (κ3) is 3.10. The Morgan fingerprint density at radius 2 is 2.00 bits per heavy atom. The number of non-ortho nitro benzene ring substituents is 1. The summed E-state index contributed by atoms with van der Waals surface area (Å²) >= 11 is 0. The van der Waals surface area contributed by atoms with Crippen LogP contribution in [0.15, 0.2) is 24.3 Å². The molecule has 0 bridgehead atoms. The minimum atomic E-state index is -0.446. The molecular formula is C9H11FN2O2. The van der Waals surface area contributed by atoms with E-state index in [1.165, 1.54) is 12.1 Å². The van der Waals surface area contributed by atoms with Crippen molar-refractivity contribution in [3.8, 4) is 0 Å². The Bertz CT molecular complexity index is 300. The molecule has 0 aliphatic carbocycles. The van der Waals surface area contributed by atoms with Crippen LogP contribution >= 0.6 is 0 Å². The summed E-state index contributed by atoms with van der Waals surface area (Å²) in [7, 11) is 0. The van der Waals surface area contributed by atoms with Gasteiger partial charge in [0.1, 0.15) is 6.67 Å². The van der Waals surface area contributed by atoms with Gasteiger partial charge in [0.15, 0.2) is 0 Å². The molecule has 1 aromatic carbocycles. The van der Waals surface area contributed by atoms with Gasteiger partial charge in [-0.25, -0.2) is 4.39 Å². The lowest BCUT2D eigenvalue weighted by Gasteiger charge is -2.01. The zero-order chi connectivity index (χ0) is 10.4. The number of rotatable bonds is 5. The quantitative estimate of drug-likeness (QED) is 0.444. The van der Waals surface area contributed by atoms with E-state index in [1.807, 2.05) is 0 Å². The molecule has 0 saturated heterocycles. The number of alkyl halides is 1. The molecule has 1 rings (SSSR count). The zero-order valence-electron chi connectivity index (χ0n) is 7.57. The van der Waals surface area contributed by atoms with Gasteiger partial charge < -0.3 is 5.32 Å². The van der Waals surface area contributed by atoms with Crippen LogP contribution < -0.4 is 5.32 Å². The first-order valence-corrected chi connectivity index (χ1v) is 4.24. The van der Waals surface area contributed by atoms with Gasteiger partial charge in [0.2, 0.25) is 0 Å². The normalized spacial score (nSPS) is 10.1. The van der Waals surface area contributed by atoms with Crippen molar-refractivity contribution in [2.45, 2.75) is 6.54 Å². The third-order valence-corrected chi connectivity index (χ3v) is 1.75. The standard InChI is InChI=1S/C9H11FN2O2/c10-5-6-11-7-8-1-3-9(4-2-8)12(13)14/h1-4,11H,5-7H2. The molecule has 0 fully saturated rings. The molecule has 0 saturated carbocycles. The molecule has 0 aliphatic heterocycles. The molecule has 0 atom stereocenters. The summed E-state index contributed by atoms with van der Waals surface area (Å²) in [6.07, 6.45) is 0. The molecule has 0 aliphatic rings. The monoisotopic (exact) mass is 198 g/mol. The van der Waals surface area contributed by atoms with E-state index in [4.69, 9.17) is 0 Å². The molecule has 0 radical (unpaired) electrons. The number of benzene rings is 1. The number of nitrogens with zero attached hydrogens (tertiary/aromatic N) is 1. The van der Waals surface area contributed by atoms with E-state index in [9.17, 15) is 14.5 Å². The fourth-order valence-electron chi connectivity index (χ4n) is 1.04. The second-order valence-electron chi connectivity index (χ2n) is 2.79. The van der Waals surface area contributed by atoms with E-state index >= 15 is 0 Å². The molecule has 1 N–H and O–H groups in total. The highest BCUT2D eigenvalue weighted by Gasteiger charge is 2.02. The molecule has 76 valence electrons. The van der Waals surface area contributed by atoms with Gasteiger partial charge in [-0.1, -0.05) is 12.1 Å². The minimum absolute atomic E-state index is 0.0687. The number of hydrogen-bond acceptors (Lipinski definition) is 3. The largest absolute Gasteiger partial charge is 0.310 e. The van der Waals surface area contributed by atoms with Crippen molar-refractivity contribution in [2.24, 2.45) is 0 Å². The van der Waals surface area contributed by atoms with Crippen LogP contribution in [0.4, 0.5) is 10.1 Å². The Kier molecular flexibility index (Phi) is 4.00. The molecule has 4 nitrogen and oxygen atoms in total. The van der Waals surface area contributed by atoms with Gasteiger partial charge in [-0.05, 0) is 5.56 Å². The second-order valence-corrected chi connectivity index (χ2v) is 2.79. The Labute approximate surface area is 80.9 Å². The molecule has 0 heterocycles. The lowest BCUT2D eigenvalue weighted by atomic mass is 10.2. The van der Waals surface area contributed by atoms with E-state index in [0.717, 1.165) is 5.56 Å². The maximum Gasteiger partial charge on any atom is 0.269 e. The highest BCUT2D eigenvalue weighted by atomic mass is 19.1. The molecule has 0 unspecified atom stereocenters. The molecule has 0 aromatic heterocycles. The van der Waals surface area contributed by atoms with E-state index in [0.29, 0.717) is 13.1 Å². The average molecular weight is 198 g/mol. The molecule has 0 spiro atoms. The first-order valence-electron chi connectivity index (χ1n) is 4.24. The number of nitro groups is 1. The maximum atomic E-state index is 11.7. The van der Waals surface area contributed by atoms with Crippen molar-refractivity contribution in [1.82, 2.24) is 5.32 Å². The van der Waals surface area contributed by atoms with Crippen molar-refractivity contribution in [3.05, 3.63) is 39.9 Å². The van der Waals surface area contributed by atoms with Gasteiger partial charge >= 0.3 is 0 Å². The summed E-state index contributed by atoms with van der Waals surface area (Å²) in [4.78, 5) is 9.87. The highest BCUT2D eigenvalue weighted by Crippen LogP contribution is 2.11. The Morgan fingerprint density at radius 1 is 1.36 bits per heavy atom.